The fourth-order valence-electron chi connectivity index (χ4n) is 4.93. The molecule has 1 saturated carbocycles. The molecule has 2 saturated heterocycles. The molecule has 6 nitrogen and oxygen atoms in total. The van der Waals surface area contributed by atoms with Crippen LogP contribution in [-0.2, 0) is 9.59 Å². The molecule has 5 rings (SSSR count). The Morgan fingerprint density at radius 3 is 2.28 bits per heavy atom. The average Bonchev–Trinajstić information content (AvgIpc) is 3.54. The van der Waals surface area contributed by atoms with E-state index < -0.39 is 0 Å². The van der Waals surface area contributed by atoms with E-state index in [1.54, 1.807) is 0 Å². The summed E-state index contributed by atoms with van der Waals surface area (Å²) in [4.78, 5) is 29.6. The third kappa shape index (κ3) is 3.81. The predicted octanol–water partition coefficient (Wildman–Crippen LogP) is 3.16. The molecule has 1 aliphatic carbocycles. The van der Waals surface area contributed by atoms with Crippen molar-refractivity contribution in [1.29, 1.82) is 0 Å². The van der Waals surface area contributed by atoms with Gasteiger partial charge in [-0.25, -0.2) is 0 Å². The topological polar surface area (TPSA) is 59.1 Å². The summed E-state index contributed by atoms with van der Waals surface area (Å²) in [7, 11) is 0. The van der Waals surface area contributed by atoms with Gasteiger partial charge >= 0.3 is 0 Å². The molecule has 3 aliphatic heterocycles. The second-order valence-electron chi connectivity index (χ2n) is 8.82. The van der Waals surface area contributed by atoms with E-state index >= 15 is 0 Å². The molecule has 0 unspecified atom stereocenters. The van der Waals surface area contributed by atoms with Crippen LogP contribution >= 0.6 is 0 Å². The molecule has 1 atom stereocenters. The molecule has 1 aromatic carbocycles. The Balaban J connectivity index is 1.25. The van der Waals surface area contributed by atoms with Gasteiger partial charge in [-0.15, -0.1) is 0 Å². The summed E-state index contributed by atoms with van der Waals surface area (Å²) in [6, 6.07) is 6.25. The van der Waals surface area contributed by atoms with Crippen molar-refractivity contribution in [2.24, 2.45) is 11.8 Å². The minimum absolute atomic E-state index is 0.0410. The number of amides is 2. The fraction of sp³-hybridized carbons (Fsp3) is 0.652. The Kier molecular flexibility index (Phi) is 5.10. The first-order valence-corrected chi connectivity index (χ1v) is 11.2. The van der Waals surface area contributed by atoms with Gasteiger partial charge in [0.15, 0.2) is 11.5 Å². The van der Waals surface area contributed by atoms with Gasteiger partial charge < -0.3 is 19.3 Å². The Morgan fingerprint density at radius 2 is 1.52 bits per heavy atom. The third-order valence-corrected chi connectivity index (χ3v) is 6.77. The second-order valence-corrected chi connectivity index (χ2v) is 8.82. The van der Waals surface area contributed by atoms with Crippen molar-refractivity contribution in [3.05, 3.63) is 23.8 Å². The van der Waals surface area contributed by atoms with Crippen LogP contribution in [0.15, 0.2) is 18.2 Å². The van der Waals surface area contributed by atoms with E-state index in [2.05, 4.69) is 17.0 Å². The van der Waals surface area contributed by atoms with Crippen molar-refractivity contribution in [2.45, 2.75) is 51.0 Å². The molecule has 29 heavy (non-hydrogen) atoms. The number of piperidine rings is 1. The maximum Gasteiger partial charge on any atom is 0.226 e. The van der Waals surface area contributed by atoms with Crippen LogP contribution in [0, 0.1) is 11.8 Å². The van der Waals surface area contributed by atoms with Crippen molar-refractivity contribution in [1.82, 2.24) is 9.80 Å². The molecule has 3 heterocycles. The summed E-state index contributed by atoms with van der Waals surface area (Å²) >= 11 is 0. The van der Waals surface area contributed by atoms with E-state index in [0.29, 0.717) is 19.1 Å². The van der Waals surface area contributed by atoms with Gasteiger partial charge in [0.2, 0.25) is 11.8 Å². The van der Waals surface area contributed by atoms with Gasteiger partial charge in [-0.2, -0.15) is 0 Å². The van der Waals surface area contributed by atoms with E-state index in [1.165, 1.54) is 0 Å². The smallest absolute Gasteiger partial charge is 0.226 e. The zero-order chi connectivity index (χ0) is 19.8. The number of fused-ring (bicyclic) bond motifs is 1. The highest BCUT2D eigenvalue weighted by Gasteiger charge is 2.39. The number of hydrogen-bond acceptors (Lipinski definition) is 4. The van der Waals surface area contributed by atoms with Gasteiger partial charge in [-0.1, -0.05) is 6.07 Å². The Morgan fingerprint density at radius 1 is 0.793 bits per heavy atom. The molecular weight excluding hydrogens is 368 g/mol. The van der Waals surface area contributed by atoms with Crippen molar-refractivity contribution in [3.63, 3.8) is 0 Å². The lowest BCUT2D eigenvalue weighted by atomic mass is 9.94. The zero-order valence-electron chi connectivity index (χ0n) is 17.0. The molecule has 0 aromatic heterocycles. The van der Waals surface area contributed by atoms with Gasteiger partial charge in [-0.05, 0) is 56.2 Å². The highest BCUT2D eigenvalue weighted by molar-refractivity contribution is 5.82. The fourth-order valence-corrected chi connectivity index (χ4v) is 4.93. The molecule has 0 spiro atoms. The summed E-state index contributed by atoms with van der Waals surface area (Å²) in [6.07, 6.45) is 6.59. The maximum atomic E-state index is 13.3. The molecule has 6 heteroatoms. The number of likely N-dealkylation sites (tertiary alicyclic amines) is 2. The van der Waals surface area contributed by atoms with Crippen LogP contribution in [0.1, 0.15) is 56.6 Å². The molecule has 1 aromatic rings. The van der Waals surface area contributed by atoms with Crippen LogP contribution in [0.4, 0.5) is 0 Å². The quantitative estimate of drug-likeness (QED) is 0.785. The van der Waals surface area contributed by atoms with Crippen LogP contribution < -0.4 is 9.47 Å². The number of carbonyl (C=O) groups is 2. The van der Waals surface area contributed by atoms with E-state index in [4.69, 9.17) is 9.47 Å². The minimum atomic E-state index is 0.0410. The molecule has 0 N–H and O–H groups in total. The average molecular weight is 399 g/mol. The Hall–Kier alpha value is -2.24. The van der Waals surface area contributed by atoms with Gasteiger partial charge in [0.25, 0.3) is 0 Å². The van der Waals surface area contributed by atoms with Crippen LogP contribution in [0.5, 0.6) is 11.5 Å². The van der Waals surface area contributed by atoms with Crippen LogP contribution in [0.25, 0.3) is 0 Å². The first-order chi connectivity index (χ1) is 14.2. The van der Waals surface area contributed by atoms with Crippen LogP contribution in [0.3, 0.4) is 0 Å². The van der Waals surface area contributed by atoms with Crippen molar-refractivity contribution in [2.75, 3.05) is 32.8 Å². The Bertz CT molecular complexity index is 783. The molecular formula is C23H30N2O4. The van der Waals surface area contributed by atoms with Gasteiger partial charge in [0.05, 0.1) is 19.3 Å². The first kappa shape index (κ1) is 18.8. The highest BCUT2D eigenvalue weighted by Crippen LogP contribution is 2.39. The summed E-state index contributed by atoms with van der Waals surface area (Å²) < 4.78 is 11.6. The Labute approximate surface area is 172 Å². The SMILES string of the molecule is O=C(C1CC1)N1CCC(C(=O)N2CCC[C@@H]2c2ccc3c(c2)OCCCO3)CC1. The first-order valence-electron chi connectivity index (χ1n) is 11.2. The number of rotatable bonds is 3. The molecule has 156 valence electrons. The minimum Gasteiger partial charge on any atom is -0.490 e. The lowest BCUT2D eigenvalue weighted by Crippen LogP contribution is -2.44. The lowest BCUT2D eigenvalue weighted by Gasteiger charge is -2.35. The number of hydrogen-bond donors (Lipinski definition) is 0. The van der Waals surface area contributed by atoms with E-state index in [-0.39, 0.29) is 23.8 Å². The summed E-state index contributed by atoms with van der Waals surface area (Å²) in [5.41, 5.74) is 1.14. The number of nitrogens with zero attached hydrogens (tertiary/aromatic N) is 2. The van der Waals surface area contributed by atoms with Crippen LogP contribution in [-0.4, -0.2) is 54.5 Å². The monoisotopic (exact) mass is 398 g/mol. The normalized spacial score (nSPS) is 25.0. The standard InChI is InChI=1S/C23H30N2O4/c26-22(16-4-5-16)24-11-8-17(9-12-24)23(27)25-10-1-3-19(25)18-6-7-20-21(15-18)29-14-2-13-28-20/h6-7,15-17,19H,1-5,8-14H2/t19-/m1/s1. The van der Waals surface area contributed by atoms with Crippen molar-refractivity contribution < 1.29 is 19.1 Å². The third-order valence-electron chi connectivity index (χ3n) is 6.77. The zero-order valence-corrected chi connectivity index (χ0v) is 17.0. The van der Waals surface area contributed by atoms with Crippen molar-refractivity contribution >= 4 is 11.8 Å². The lowest BCUT2D eigenvalue weighted by molar-refractivity contribution is -0.142. The molecule has 0 radical (unpaired) electrons. The van der Waals surface area contributed by atoms with Gasteiger partial charge in [0.1, 0.15) is 0 Å². The van der Waals surface area contributed by atoms with Crippen molar-refractivity contribution in [3.8, 4) is 11.5 Å². The predicted molar refractivity (Wildman–Crippen MR) is 108 cm³/mol. The summed E-state index contributed by atoms with van der Waals surface area (Å²) in [5.74, 6) is 2.48. The molecule has 4 aliphatic rings. The summed E-state index contributed by atoms with van der Waals surface area (Å²) in [6.45, 7) is 3.63. The number of carbonyl (C=O) groups excluding carboxylic acids is 2. The van der Waals surface area contributed by atoms with Gasteiger partial charge in [-0.3, -0.25) is 9.59 Å². The second kappa shape index (κ2) is 7.88. The molecule has 2 amide bonds. The largest absolute Gasteiger partial charge is 0.490 e. The van der Waals surface area contributed by atoms with E-state index in [1.807, 2.05) is 11.0 Å². The molecule has 0 bridgehead atoms. The maximum absolute atomic E-state index is 13.3. The highest BCUT2D eigenvalue weighted by atomic mass is 16.5. The number of benzene rings is 1. The van der Waals surface area contributed by atoms with Gasteiger partial charge in [0, 0.05) is 37.9 Å². The molecule has 3 fully saturated rings. The number of ether oxygens (including phenoxy) is 2. The van der Waals surface area contributed by atoms with Crippen LogP contribution in [0.2, 0.25) is 0 Å². The summed E-state index contributed by atoms with van der Waals surface area (Å²) in [5, 5.41) is 0. The van der Waals surface area contributed by atoms with E-state index in [0.717, 1.165) is 81.6 Å². The van der Waals surface area contributed by atoms with E-state index in [9.17, 15) is 9.59 Å².